The number of aryl methyl sites for hydroxylation is 1. The second-order valence-electron chi connectivity index (χ2n) is 8.02. The number of ether oxygens (including phenoxy) is 1. The largest absolute Gasteiger partial charge is 0.490 e. The van der Waals surface area contributed by atoms with E-state index < -0.39 is 18.6 Å². The van der Waals surface area contributed by atoms with Gasteiger partial charge in [-0.3, -0.25) is 14.0 Å². The van der Waals surface area contributed by atoms with Gasteiger partial charge in [0, 0.05) is 37.7 Å². The first-order valence-electron chi connectivity index (χ1n) is 10.5. The molecule has 170 valence electrons. The molecule has 8 heteroatoms. The van der Waals surface area contributed by atoms with Gasteiger partial charge in [-0.25, -0.2) is 4.98 Å². The Kier molecular flexibility index (Phi) is 6.96. The summed E-state index contributed by atoms with van der Waals surface area (Å²) in [5.41, 5.74) is 1.11. The number of aliphatic hydroxyl groups excluding tert-OH is 2. The molecule has 0 unspecified atom stereocenters. The van der Waals surface area contributed by atoms with Crippen molar-refractivity contribution in [1.29, 1.82) is 0 Å². The van der Waals surface area contributed by atoms with Gasteiger partial charge in [0.2, 0.25) is 0 Å². The lowest BCUT2D eigenvalue weighted by molar-refractivity contribution is 0.0781. The Balaban J connectivity index is 2.03. The zero-order valence-electron chi connectivity index (χ0n) is 18.8. The van der Waals surface area contributed by atoms with Crippen LogP contribution in [0.5, 0.6) is 5.75 Å². The number of imidazole rings is 1. The molecule has 0 aliphatic rings. The summed E-state index contributed by atoms with van der Waals surface area (Å²) in [5.74, 6) is 0.0859. The summed E-state index contributed by atoms with van der Waals surface area (Å²) >= 11 is 0. The van der Waals surface area contributed by atoms with Crippen LogP contribution in [0, 0.1) is 6.92 Å². The zero-order valence-corrected chi connectivity index (χ0v) is 18.8. The number of carbonyl (C=O) groups is 2. The fraction of sp³-hybridized carbons (Fsp3) is 0.375. The number of benzene rings is 1. The highest BCUT2D eigenvalue weighted by atomic mass is 16.5. The third-order valence-electron chi connectivity index (χ3n) is 5.58. The molecule has 0 atom stereocenters. The van der Waals surface area contributed by atoms with Gasteiger partial charge in [-0.05, 0) is 43.7 Å². The van der Waals surface area contributed by atoms with Crippen LogP contribution in [-0.2, 0) is 5.41 Å². The first kappa shape index (κ1) is 23.4. The molecule has 0 spiro atoms. The maximum absolute atomic E-state index is 13.4. The van der Waals surface area contributed by atoms with Crippen molar-refractivity contribution in [3.63, 3.8) is 0 Å². The standard InChI is InChI=1S/C24H29N3O5/c1-5-32-20-10-7-11-27-21(16(2)25-22(20)27)19(30)13-24(14-28,15-29)18-9-6-8-17(12-18)23(31)26(3)4/h6-12,28-29H,5,13-15H2,1-4H3. The minimum absolute atomic E-state index is 0.160. The molecule has 0 radical (unpaired) electrons. The molecule has 1 amide bonds. The molecule has 2 aromatic heterocycles. The predicted molar refractivity (Wildman–Crippen MR) is 120 cm³/mol. The minimum Gasteiger partial charge on any atom is -0.490 e. The highest BCUT2D eigenvalue weighted by Gasteiger charge is 2.36. The smallest absolute Gasteiger partial charge is 0.253 e. The lowest BCUT2D eigenvalue weighted by atomic mass is 9.76. The molecule has 0 bridgehead atoms. The van der Waals surface area contributed by atoms with Gasteiger partial charge in [0.1, 0.15) is 5.69 Å². The Morgan fingerprint density at radius 3 is 2.50 bits per heavy atom. The molecular formula is C24H29N3O5. The molecule has 0 fully saturated rings. The van der Waals surface area contributed by atoms with Gasteiger partial charge in [-0.1, -0.05) is 12.1 Å². The lowest BCUT2D eigenvalue weighted by Gasteiger charge is -2.30. The van der Waals surface area contributed by atoms with Gasteiger partial charge in [0.25, 0.3) is 5.91 Å². The third kappa shape index (κ3) is 4.24. The minimum atomic E-state index is -1.26. The summed E-state index contributed by atoms with van der Waals surface area (Å²) in [6, 6.07) is 10.2. The predicted octanol–water partition coefficient (Wildman–Crippen LogP) is 2.24. The van der Waals surface area contributed by atoms with Gasteiger partial charge in [-0.2, -0.15) is 0 Å². The van der Waals surface area contributed by atoms with E-state index in [4.69, 9.17) is 4.74 Å². The number of aromatic nitrogens is 2. The molecule has 32 heavy (non-hydrogen) atoms. The number of Topliss-reactive ketones (excluding diaryl/α,β-unsaturated/α-hetero) is 1. The van der Waals surface area contributed by atoms with Crippen LogP contribution in [0.1, 0.15) is 45.4 Å². The second kappa shape index (κ2) is 9.50. The summed E-state index contributed by atoms with van der Waals surface area (Å²) < 4.78 is 7.30. The number of aliphatic hydroxyl groups is 2. The normalized spacial score (nSPS) is 11.6. The molecule has 0 aliphatic carbocycles. The Bertz CT molecular complexity index is 1130. The lowest BCUT2D eigenvalue weighted by Crippen LogP contribution is -2.38. The van der Waals surface area contributed by atoms with Gasteiger partial charge in [-0.15, -0.1) is 0 Å². The number of nitrogens with zero attached hydrogens (tertiary/aromatic N) is 3. The van der Waals surface area contributed by atoms with Crippen LogP contribution in [0.4, 0.5) is 0 Å². The van der Waals surface area contributed by atoms with Gasteiger partial charge < -0.3 is 19.8 Å². The summed E-state index contributed by atoms with van der Waals surface area (Å²) in [6.07, 6.45) is 1.58. The van der Waals surface area contributed by atoms with Crippen molar-refractivity contribution in [1.82, 2.24) is 14.3 Å². The fourth-order valence-electron chi connectivity index (χ4n) is 3.84. The highest BCUT2D eigenvalue weighted by molar-refractivity contribution is 5.98. The SMILES string of the molecule is CCOc1cccn2c(C(=O)CC(CO)(CO)c3cccc(C(=O)N(C)C)c3)c(C)nc12. The van der Waals surface area contributed by atoms with E-state index in [9.17, 15) is 19.8 Å². The Morgan fingerprint density at radius 1 is 1.16 bits per heavy atom. The maximum Gasteiger partial charge on any atom is 0.253 e. The second-order valence-corrected chi connectivity index (χ2v) is 8.02. The number of amides is 1. The average molecular weight is 440 g/mol. The van der Waals surface area contributed by atoms with E-state index in [0.717, 1.165) is 0 Å². The Hall–Kier alpha value is -3.23. The highest BCUT2D eigenvalue weighted by Crippen LogP contribution is 2.31. The monoisotopic (exact) mass is 439 g/mol. The Labute approximate surface area is 187 Å². The number of rotatable bonds is 9. The summed E-state index contributed by atoms with van der Waals surface area (Å²) in [5, 5.41) is 20.5. The molecule has 0 saturated carbocycles. The number of fused-ring (bicyclic) bond motifs is 1. The van der Waals surface area contributed by atoms with Crippen molar-refractivity contribution < 1.29 is 24.5 Å². The molecule has 3 rings (SSSR count). The van der Waals surface area contributed by atoms with Crippen LogP contribution in [0.3, 0.4) is 0 Å². The molecule has 3 aromatic rings. The average Bonchev–Trinajstić information content (AvgIpc) is 3.14. The first-order chi connectivity index (χ1) is 15.3. The van der Waals surface area contributed by atoms with Gasteiger partial charge in [0.05, 0.1) is 25.5 Å². The van der Waals surface area contributed by atoms with Crippen LogP contribution in [-0.4, -0.2) is 70.1 Å². The molecule has 8 nitrogen and oxygen atoms in total. The Morgan fingerprint density at radius 2 is 1.88 bits per heavy atom. The molecule has 0 aliphatic heterocycles. The summed E-state index contributed by atoms with van der Waals surface area (Å²) in [6.45, 7) is 3.15. The van der Waals surface area contributed by atoms with E-state index in [1.807, 2.05) is 6.92 Å². The molecular weight excluding hydrogens is 410 g/mol. The van der Waals surface area contributed by atoms with E-state index in [-0.39, 0.29) is 18.1 Å². The number of pyridine rings is 1. The van der Waals surface area contributed by atoms with Crippen molar-refractivity contribution in [2.45, 2.75) is 25.7 Å². The molecule has 0 saturated heterocycles. The van der Waals surface area contributed by atoms with Crippen molar-refractivity contribution in [2.75, 3.05) is 33.9 Å². The number of hydrogen-bond acceptors (Lipinski definition) is 6. The number of hydrogen-bond donors (Lipinski definition) is 2. The van der Waals surface area contributed by atoms with Crippen LogP contribution >= 0.6 is 0 Å². The van der Waals surface area contributed by atoms with E-state index in [1.165, 1.54) is 4.90 Å². The van der Waals surface area contributed by atoms with Crippen LogP contribution in [0.25, 0.3) is 5.65 Å². The number of ketones is 1. The van der Waals surface area contributed by atoms with Gasteiger partial charge >= 0.3 is 0 Å². The number of carbonyl (C=O) groups excluding carboxylic acids is 2. The van der Waals surface area contributed by atoms with Crippen LogP contribution in [0.2, 0.25) is 0 Å². The van der Waals surface area contributed by atoms with Crippen molar-refractivity contribution in [3.05, 3.63) is 65.1 Å². The third-order valence-corrected chi connectivity index (χ3v) is 5.58. The van der Waals surface area contributed by atoms with E-state index in [1.54, 1.807) is 68.0 Å². The summed E-state index contributed by atoms with van der Waals surface area (Å²) in [7, 11) is 3.29. The quantitative estimate of drug-likeness (QED) is 0.496. The van der Waals surface area contributed by atoms with E-state index >= 15 is 0 Å². The van der Waals surface area contributed by atoms with Crippen molar-refractivity contribution in [2.24, 2.45) is 0 Å². The van der Waals surface area contributed by atoms with Crippen LogP contribution < -0.4 is 4.74 Å². The molecule has 2 N–H and O–H groups in total. The maximum atomic E-state index is 13.4. The van der Waals surface area contributed by atoms with Crippen molar-refractivity contribution >= 4 is 17.3 Å². The fourth-order valence-corrected chi connectivity index (χ4v) is 3.84. The topological polar surface area (TPSA) is 104 Å². The zero-order chi connectivity index (χ0) is 23.5. The molecule has 1 aromatic carbocycles. The first-order valence-corrected chi connectivity index (χ1v) is 10.5. The summed E-state index contributed by atoms with van der Waals surface area (Å²) in [4.78, 5) is 31.8. The van der Waals surface area contributed by atoms with Gasteiger partial charge in [0.15, 0.2) is 17.2 Å². The van der Waals surface area contributed by atoms with E-state index in [0.29, 0.717) is 40.5 Å². The van der Waals surface area contributed by atoms with Crippen LogP contribution in [0.15, 0.2) is 42.6 Å². The van der Waals surface area contributed by atoms with Crippen molar-refractivity contribution in [3.8, 4) is 5.75 Å². The van der Waals surface area contributed by atoms with E-state index in [2.05, 4.69) is 4.98 Å². The molecule has 2 heterocycles.